The van der Waals surface area contributed by atoms with Crippen LogP contribution in [0.5, 0.6) is 0 Å². The van der Waals surface area contributed by atoms with Crippen LogP contribution in [-0.2, 0) is 66.9 Å². The summed E-state index contributed by atoms with van der Waals surface area (Å²) in [6, 6.07) is -2.85. The SMILES string of the molecule is C.CC(=O)CC[C@H](NC(=O)CC(=O)N[C@@H](CCC(=O)OC(C)(C)C)C(=O)OC(C)(C)C)C(C)=O.CC(C)(C)OC(=O)CC[C@H](N)C(=O)OC(C)(C)C.O=C(Cl)CC(=O)Cl. The summed E-state index contributed by atoms with van der Waals surface area (Å²) in [5.41, 5.74) is 3.04. The summed E-state index contributed by atoms with van der Waals surface area (Å²) in [4.78, 5) is 114. The highest BCUT2D eigenvalue weighted by Gasteiger charge is 2.30. The standard InChI is InChI=1S/C23H38N2O8.C13H25NO4.C3H2Cl2O2.CH4/c1-14(26)9-10-16(15(2)27)24-18(28)13-19(29)25-17(21(31)33-23(6,7)8)11-12-20(30)32-22(3,4)5;1-12(2,3)17-10(15)8-7-9(14)11(16)18-13(4,5)6;4-2(6)1-3(5)7;/h16-17H,9-13H2,1-8H3,(H,24,28)(H,25,29);9H,7-8,14H2,1-6H3;1H2;1H4/t16-,17-;9-;;/m00../s1. The first kappa shape index (κ1) is 61.7. The minimum Gasteiger partial charge on any atom is -0.460 e. The maximum atomic E-state index is 12.5. The second-order valence-electron chi connectivity index (χ2n) is 17.1. The normalized spacial score (nSPS) is 12.7. The topological polar surface area (TPSA) is 258 Å². The molecule has 0 aromatic rings. The van der Waals surface area contributed by atoms with Gasteiger partial charge in [0.1, 0.15) is 46.7 Å². The van der Waals surface area contributed by atoms with Crippen molar-refractivity contribution in [1.29, 1.82) is 0 Å². The van der Waals surface area contributed by atoms with Gasteiger partial charge in [-0.1, -0.05) is 7.43 Å². The number of carbonyl (C=O) groups excluding carboxylic acids is 10. The summed E-state index contributed by atoms with van der Waals surface area (Å²) in [5.74, 6) is -4.12. The number of hydrogen-bond donors (Lipinski definition) is 3. The predicted molar refractivity (Wildman–Crippen MR) is 222 cm³/mol. The van der Waals surface area contributed by atoms with Gasteiger partial charge in [-0.25, -0.2) is 4.79 Å². The molecule has 59 heavy (non-hydrogen) atoms. The van der Waals surface area contributed by atoms with Crippen LogP contribution in [0.15, 0.2) is 0 Å². The molecular formula is C40H69Cl2N3O14. The summed E-state index contributed by atoms with van der Waals surface area (Å²) in [5, 5.41) is 3.40. The van der Waals surface area contributed by atoms with Gasteiger partial charge in [0, 0.05) is 19.3 Å². The molecular weight excluding hydrogens is 817 g/mol. The number of esters is 4. The third-order valence-electron chi connectivity index (χ3n) is 6.08. The van der Waals surface area contributed by atoms with Crippen LogP contribution >= 0.6 is 23.2 Å². The quantitative estimate of drug-likeness (QED) is 0.0701. The summed E-state index contributed by atoms with van der Waals surface area (Å²) in [7, 11) is 0. The van der Waals surface area contributed by atoms with Crippen molar-refractivity contribution in [3.05, 3.63) is 0 Å². The van der Waals surface area contributed by atoms with Crippen molar-refractivity contribution >= 4 is 80.9 Å². The molecule has 4 N–H and O–H groups in total. The highest BCUT2D eigenvalue weighted by molar-refractivity contribution is 6.72. The number of nitrogens with one attached hydrogen (secondary N) is 2. The molecule has 0 aliphatic heterocycles. The van der Waals surface area contributed by atoms with Gasteiger partial charge >= 0.3 is 23.9 Å². The number of ether oxygens (including phenoxy) is 4. The first-order chi connectivity index (χ1) is 25.9. The zero-order valence-electron chi connectivity index (χ0n) is 36.4. The second-order valence-corrected chi connectivity index (χ2v) is 17.9. The molecule has 0 aromatic carbocycles. The van der Waals surface area contributed by atoms with E-state index in [2.05, 4.69) is 10.6 Å². The van der Waals surface area contributed by atoms with Crippen molar-refractivity contribution < 1.29 is 66.9 Å². The Bertz CT molecular complexity index is 1430. The summed E-state index contributed by atoms with van der Waals surface area (Å²) < 4.78 is 20.8. The molecule has 0 saturated carbocycles. The molecule has 0 rings (SSSR count). The second kappa shape index (κ2) is 28.5. The lowest BCUT2D eigenvalue weighted by Gasteiger charge is -2.25. The fourth-order valence-electron chi connectivity index (χ4n) is 3.91. The molecule has 342 valence electrons. The van der Waals surface area contributed by atoms with Gasteiger partial charge in [-0.3, -0.25) is 38.4 Å². The number of nitrogens with two attached hydrogens (primary N) is 1. The number of Topliss-reactive ketones (excluding diaryl/α,β-unsaturated/α-hetero) is 2. The average Bonchev–Trinajstić information content (AvgIpc) is 2.96. The lowest BCUT2D eigenvalue weighted by molar-refractivity contribution is -0.161. The van der Waals surface area contributed by atoms with Gasteiger partial charge in [0.05, 0.1) is 12.5 Å². The number of amides is 2. The Hall–Kier alpha value is -3.96. The van der Waals surface area contributed by atoms with E-state index in [4.69, 9.17) is 47.9 Å². The van der Waals surface area contributed by atoms with Gasteiger partial charge in [0.15, 0.2) is 5.78 Å². The molecule has 3 atom stereocenters. The smallest absolute Gasteiger partial charge is 0.329 e. The summed E-state index contributed by atoms with van der Waals surface area (Å²) in [6.45, 7) is 23.4. The molecule has 2 amide bonds. The number of ketones is 2. The van der Waals surface area contributed by atoms with E-state index in [1.807, 2.05) is 0 Å². The molecule has 0 unspecified atom stereocenters. The van der Waals surface area contributed by atoms with Crippen LogP contribution < -0.4 is 16.4 Å². The number of halogens is 2. The number of rotatable bonds is 18. The van der Waals surface area contributed by atoms with Crippen LogP contribution in [0, 0.1) is 0 Å². The van der Waals surface area contributed by atoms with Gasteiger partial charge < -0.3 is 40.1 Å². The lowest BCUT2D eigenvalue weighted by atomic mass is 10.1. The summed E-state index contributed by atoms with van der Waals surface area (Å²) >= 11 is 9.46. The van der Waals surface area contributed by atoms with Crippen LogP contribution in [0.2, 0.25) is 0 Å². The van der Waals surface area contributed by atoms with Crippen LogP contribution in [0.4, 0.5) is 0 Å². The van der Waals surface area contributed by atoms with Crippen LogP contribution in [-0.4, -0.2) is 98.3 Å². The molecule has 0 spiro atoms. The molecule has 0 aromatic heterocycles. The Kier molecular flexibility index (Phi) is 29.8. The highest BCUT2D eigenvalue weighted by atomic mass is 35.5. The third-order valence-corrected chi connectivity index (χ3v) is 6.35. The number of hydrogen-bond acceptors (Lipinski definition) is 15. The first-order valence-corrected chi connectivity index (χ1v) is 19.3. The van der Waals surface area contributed by atoms with E-state index in [1.54, 1.807) is 83.1 Å². The first-order valence-electron chi connectivity index (χ1n) is 18.5. The minimum atomic E-state index is -1.17. The minimum absolute atomic E-state index is 0. The van der Waals surface area contributed by atoms with Crippen molar-refractivity contribution in [2.24, 2.45) is 5.73 Å². The van der Waals surface area contributed by atoms with Gasteiger partial charge in [-0.05, 0) is 139 Å². The van der Waals surface area contributed by atoms with Gasteiger partial charge in [0.25, 0.3) is 0 Å². The van der Waals surface area contributed by atoms with Crippen LogP contribution in [0.3, 0.4) is 0 Å². The number of carbonyl (C=O) groups is 10. The fourth-order valence-corrected chi connectivity index (χ4v) is 4.22. The van der Waals surface area contributed by atoms with E-state index in [0.717, 1.165) is 0 Å². The predicted octanol–water partition coefficient (Wildman–Crippen LogP) is 5.09. The van der Waals surface area contributed by atoms with Crippen molar-refractivity contribution in [2.45, 2.75) is 196 Å². The van der Waals surface area contributed by atoms with Crippen molar-refractivity contribution in [3.63, 3.8) is 0 Å². The largest absolute Gasteiger partial charge is 0.460 e. The van der Waals surface area contributed by atoms with E-state index in [9.17, 15) is 47.9 Å². The molecule has 0 fully saturated rings. The molecule has 0 aliphatic carbocycles. The van der Waals surface area contributed by atoms with E-state index in [-0.39, 0.29) is 69.9 Å². The summed E-state index contributed by atoms with van der Waals surface area (Å²) in [6.07, 6.45) is -0.673. The van der Waals surface area contributed by atoms with E-state index < -0.39 is 87.2 Å². The molecule has 17 nitrogen and oxygen atoms in total. The monoisotopic (exact) mass is 885 g/mol. The third kappa shape index (κ3) is 42.0. The van der Waals surface area contributed by atoms with E-state index >= 15 is 0 Å². The molecule has 0 bridgehead atoms. The zero-order valence-corrected chi connectivity index (χ0v) is 37.9. The Morgan fingerprint density at radius 1 is 0.508 bits per heavy atom. The lowest BCUT2D eigenvalue weighted by Crippen LogP contribution is -2.47. The molecule has 0 saturated heterocycles. The average molecular weight is 887 g/mol. The fraction of sp³-hybridized carbons (Fsp3) is 0.750. The molecule has 19 heteroatoms. The Labute approximate surface area is 359 Å². The molecule has 0 radical (unpaired) electrons. The van der Waals surface area contributed by atoms with Gasteiger partial charge in [0.2, 0.25) is 22.3 Å². The Balaban J connectivity index is -0.000000484. The van der Waals surface area contributed by atoms with E-state index in [0.29, 0.717) is 0 Å². The van der Waals surface area contributed by atoms with Crippen LogP contribution in [0.1, 0.15) is 156 Å². The molecule has 0 aliphatic rings. The van der Waals surface area contributed by atoms with Crippen molar-refractivity contribution in [2.75, 3.05) is 0 Å². The highest BCUT2D eigenvalue weighted by Crippen LogP contribution is 2.15. The Morgan fingerprint density at radius 3 is 1.17 bits per heavy atom. The van der Waals surface area contributed by atoms with Crippen LogP contribution in [0.25, 0.3) is 0 Å². The van der Waals surface area contributed by atoms with Gasteiger partial charge in [-0.2, -0.15) is 0 Å². The van der Waals surface area contributed by atoms with Crippen molar-refractivity contribution in [3.8, 4) is 0 Å². The maximum absolute atomic E-state index is 12.5. The maximum Gasteiger partial charge on any atom is 0.329 e. The van der Waals surface area contributed by atoms with Crippen molar-refractivity contribution in [1.82, 2.24) is 10.6 Å². The Morgan fingerprint density at radius 2 is 0.847 bits per heavy atom. The van der Waals surface area contributed by atoms with E-state index in [1.165, 1.54) is 13.8 Å². The zero-order chi connectivity index (χ0) is 46.4. The van der Waals surface area contributed by atoms with Gasteiger partial charge in [-0.15, -0.1) is 0 Å². The molecule has 0 heterocycles.